The molecule has 0 aliphatic rings. The zero-order valence-corrected chi connectivity index (χ0v) is 11.9. The highest BCUT2D eigenvalue weighted by Gasteiger charge is 1.97. The molecule has 0 unspecified atom stereocenters. The standard InChI is InChI=1S/C10H16N.C2H6O4S/c1-3-4-7-11-8-5-6-10(2)9-11;1-2-6-7(3,4)5/h5-6,8-9H,3-4,7H2,1-2H3;2H2,1H3,(H,3,4,5)/q+1;/p-1. The summed E-state index contributed by atoms with van der Waals surface area (Å²) in [6.07, 6.45) is 6.85. The SMILES string of the molecule is CCCC[n+]1cccc(C)c1.CCOS(=O)(=O)[O-]. The van der Waals surface area contributed by atoms with Gasteiger partial charge in [-0.2, -0.15) is 0 Å². The molecule has 0 saturated carbocycles. The molecule has 0 radical (unpaired) electrons. The van der Waals surface area contributed by atoms with Crippen molar-refractivity contribution in [2.24, 2.45) is 0 Å². The van der Waals surface area contributed by atoms with Crippen LogP contribution in [0.3, 0.4) is 0 Å². The van der Waals surface area contributed by atoms with Crippen molar-refractivity contribution >= 4 is 10.4 Å². The molecule has 0 saturated heterocycles. The van der Waals surface area contributed by atoms with Crippen LogP contribution in [0.1, 0.15) is 32.3 Å². The number of hydrogen-bond donors (Lipinski definition) is 0. The number of hydrogen-bond acceptors (Lipinski definition) is 4. The van der Waals surface area contributed by atoms with Crippen molar-refractivity contribution in [1.29, 1.82) is 0 Å². The molecular formula is C12H21NO4S. The van der Waals surface area contributed by atoms with E-state index >= 15 is 0 Å². The summed E-state index contributed by atoms with van der Waals surface area (Å²) in [6.45, 7) is 6.83. The molecule has 0 fully saturated rings. The summed E-state index contributed by atoms with van der Waals surface area (Å²) in [7, 11) is -4.42. The van der Waals surface area contributed by atoms with E-state index in [0.29, 0.717) is 0 Å². The van der Waals surface area contributed by atoms with E-state index in [1.54, 1.807) is 0 Å². The number of pyridine rings is 1. The van der Waals surface area contributed by atoms with Crippen LogP contribution in [0, 0.1) is 6.92 Å². The molecule has 1 aromatic heterocycles. The number of aryl methyl sites for hydroxylation is 2. The topological polar surface area (TPSA) is 70.3 Å². The lowest BCUT2D eigenvalue weighted by atomic mass is 10.3. The minimum atomic E-state index is -4.42. The molecule has 6 heteroatoms. The van der Waals surface area contributed by atoms with Gasteiger partial charge in [-0.15, -0.1) is 0 Å². The summed E-state index contributed by atoms with van der Waals surface area (Å²) in [6, 6.07) is 4.23. The fourth-order valence-electron chi connectivity index (χ4n) is 1.28. The average molecular weight is 275 g/mol. The van der Waals surface area contributed by atoms with Crippen LogP contribution in [0.25, 0.3) is 0 Å². The van der Waals surface area contributed by atoms with Gasteiger partial charge < -0.3 is 4.55 Å². The van der Waals surface area contributed by atoms with E-state index in [9.17, 15) is 13.0 Å². The third-order valence-electron chi connectivity index (χ3n) is 2.04. The summed E-state index contributed by atoms with van der Waals surface area (Å²) in [5.74, 6) is 0. The predicted molar refractivity (Wildman–Crippen MR) is 67.6 cm³/mol. The summed E-state index contributed by atoms with van der Waals surface area (Å²) in [5.41, 5.74) is 1.34. The molecule has 0 N–H and O–H groups in total. The van der Waals surface area contributed by atoms with Crippen LogP contribution in [0.2, 0.25) is 0 Å². The minimum Gasteiger partial charge on any atom is -0.726 e. The Bertz CT molecular complexity index is 431. The van der Waals surface area contributed by atoms with Crippen molar-refractivity contribution in [1.82, 2.24) is 0 Å². The fraction of sp³-hybridized carbons (Fsp3) is 0.583. The first-order chi connectivity index (χ1) is 8.39. The maximum atomic E-state index is 9.45. The Balaban J connectivity index is 0.000000360. The molecule has 1 rings (SSSR count). The van der Waals surface area contributed by atoms with Gasteiger partial charge in [0.25, 0.3) is 0 Å². The first kappa shape index (κ1) is 17.0. The average Bonchev–Trinajstić information content (AvgIpc) is 2.26. The zero-order valence-electron chi connectivity index (χ0n) is 11.1. The van der Waals surface area contributed by atoms with Gasteiger partial charge in [0.2, 0.25) is 10.4 Å². The van der Waals surface area contributed by atoms with E-state index in [2.05, 4.69) is 47.1 Å². The van der Waals surface area contributed by atoms with Gasteiger partial charge in [-0.05, 0) is 19.9 Å². The molecule has 0 spiro atoms. The van der Waals surface area contributed by atoms with Crippen LogP contribution in [-0.2, 0) is 21.1 Å². The number of rotatable bonds is 5. The van der Waals surface area contributed by atoms with Crippen molar-refractivity contribution in [2.45, 2.75) is 40.2 Å². The van der Waals surface area contributed by atoms with Crippen LogP contribution in [-0.4, -0.2) is 19.6 Å². The van der Waals surface area contributed by atoms with E-state index in [1.165, 1.54) is 25.3 Å². The molecule has 1 heterocycles. The molecular weight excluding hydrogens is 254 g/mol. The molecule has 5 nitrogen and oxygen atoms in total. The van der Waals surface area contributed by atoms with Crippen LogP contribution >= 0.6 is 0 Å². The van der Waals surface area contributed by atoms with Crippen LogP contribution < -0.4 is 4.57 Å². The monoisotopic (exact) mass is 275 g/mol. The summed E-state index contributed by atoms with van der Waals surface area (Å²) in [5, 5.41) is 0. The van der Waals surface area contributed by atoms with Gasteiger partial charge in [-0.3, -0.25) is 4.18 Å². The second-order valence-corrected chi connectivity index (χ2v) is 4.84. The summed E-state index contributed by atoms with van der Waals surface area (Å²) >= 11 is 0. The quantitative estimate of drug-likeness (QED) is 0.464. The molecule has 0 atom stereocenters. The lowest BCUT2D eigenvalue weighted by molar-refractivity contribution is -0.697. The lowest BCUT2D eigenvalue weighted by Gasteiger charge is -2.02. The molecule has 0 bridgehead atoms. The fourth-order valence-corrected chi connectivity index (χ4v) is 1.57. The predicted octanol–water partition coefficient (Wildman–Crippen LogP) is 1.57. The molecule has 0 aliphatic carbocycles. The summed E-state index contributed by atoms with van der Waals surface area (Å²) in [4.78, 5) is 0. The van der Waals surface area contributed by atoms with E-state index in [0.717, 1.165) is 6.54 Å². The molecule has 18 heavy (non-hydrogen) atoms. The maximum Gasteiger partial charge on any atom is 0.217 e. The van der Waals surface area contributed by atoms with Gasteiger partial charge in [0.1, 0.15) is 6.54 Å². The summed E-state index contributed by atoms with van der Waals surface area (Å²) < 4.78 is 34.3. The Kier molecular flexibility index (Phi) is 8.53. The molecule has 0 aromatic carbocycles. The Morgan fingerprint density at radius 2 is 2.06 bits per heavy atom. The van der Waals surface area contributed by atoms with Crippen LogP contribution in [0.5, 0.6) is 0 Å². The van der Waals surface area contributed by atoms with Crippen molar-refractivity contribution in [3.8, 4) is 0 Å². The second kappa shape index (κ2) is 9.02. The van der Waals surface area contributed by atoms with Gasteiger partial charge in [-0.25, -0.2) is 13.0 Å². The zero-order chi connectivity index (χ0) is 14.0. The van der Waals surface area contributed by atoms with Gasteiger partial charge in [0, 0.05) is 18.1 Å². The third-order valence-corrected chi connectivity index (χ3v) is 2.56. The molecule has 104 valence electrons. The Morgan fingerprint density at radius 3 is 2.44 bits per heavy atom. The van der Waals surface area contributed by atoms with Gasteiger partial charge in [-0.1, -0.05) is 13.3 Å². The maximum absolute atomic E-state index is 9.45. The van der Waals surface area contributed by atoms with Crippen molar-refractivity contribution in [2.75, 3.05) is 6.61 Å². The number of aromatic nitrogens is 1. The van der Waals surface area contributed by atoms with Crippen molar-refractivity contribution in [3.63, 3.8) is 0 Å². The molecule has 0 aliphatic heterocycles. The van der Waals surface area contributed by atoms with Gasteiger partial charge in [0.15, 0.2) is 12.4 Å². The van der Waals surface area contributed by atoms with E-state index in [1.807, 2.05) is 0 Å². The minimum absolute atomic E-state index is 0.0914. The van der Waals surface area contributed by atoms with Crippen molar-refractivity contribution < 1.29 is 21.7 Å². The highest BCUT2D eigenvalue weighted by atomic mass is 32.3. The normalized spacial score (nSPS) is 10.7. The van der Waals surface area contributed by atoms with Gasteiger partial charge >= 0.3 is 0 Å². The van der Waals surface area contributed by atoms with E-state index in [-0.39, 0.29) is 6.61 Å². The van der Waals surface area contributed by atoms with E-state index < -0.39 is 10.4 Å². The van der Waals surface area contributed by atoms with E-state index in [4.69, 9.17) is 0 Å². The number of nitrogens with zero attached hydrogens (tertiary/aromatic N) is 1. The number of unbranched alkanes of at least 4 members (excludes halogenated alkanes) is 1. The molecule has 1 aromatic rings. The smallest absolute Gasteiger partial charge is 0.217 e. The van der Waals surface area contributed by atoms with Crippen LogP contribution in [0.4, 0.5) is 0 Å². The lowest BCUT2D eigenvalue weighted by Crippen LogP contribution is -2.32. The third kappa shape index (κ3) is 10.2. The Labute approximate surface area is 109 Å². The van der Waals surface area contributed by atoms with Crippen LogP contribution in [0.15, 0.2) is 24.5 Å². The first-order valence-electron chi connectivity index (χ1n) is 5.95. The highest BCUT2D eigenvalue weighted by Crippen LogP contribution is 1.91. The van der Waals surface area contributed by atoms with Crippen molar-refractivity contribution in [3.05, 3.63) is 30.1 Å². The second-order valence-electron chi connectivity index (χ2n) is 3.79. The largest absolute Gasteiger partial charge is 0.726 e. The van der Waals surface area contributed by atoms with Gasteiger partial charge in [0.05, 0.1) is 6.61 Å². The Morgan fingerprint density at radius 1 is 1.39 bits per heavy atom. The molecule has 0 amide bonds. The highest BCUT2D eigenvalue weighted by molar-refractivity contribution is 7.80. The Hall–Kier alpha value is -0.980. The first-order valence-corrected chi connectivity index (χ1v) is 7.28.